The zero-order valence-corrected chi connectivity index (χ0v) is 10.8. The van der Waals surface area contributed by atoms with E-state index in [1.54, 1.807) is 30.6 Å². The minimum Gasteiger partial charge on any atom is -0.486 e. The third-order valence-electron chi connectivity index (χ3n) is 2.52. The Kier molecular flexibility index (Phi) is 5.10. The average molecular weight is 271 g/mol. The second-order valence-electron chi connectivity index (χ2n) is 4.07. The molecule has 0 amide bonds. The monoisotopic (exact) mass is 271 g/mol. The van der Waals surface area contributed by atoms with Gasteiger partial charge in [0.25, 0.3) is 0 Å². The van der Waals surface area contributed by atoms with Crippen molar-refractivity contribution < 1.29 is 14.2 Å². The Morgan fingerprint density at radius 2 is 2.20 bits per heavy atom. The highest BCUT2D eigenvalue weighted by molar-refractivity contribution is 5.40. The summed E-state index contributed by atoms with van der Waals surface area (Å²) in [6.45, 7) is 0.261. The lowest BCUT2D eigenvalue weighted by Crippen LogP contribution is -1.98. The van der Waals surface area contributed by atoms with Crippen molar-refractivity contribution in [1.82, 2.24) is 4.98 Å². The Bertz CT molecular complexity index is 617. The first-order valence-electron chi connectivity index (χ1n) is 6.20. The molecular weight excluding hydrogens is 257 g/mol. The summed E-state index contributed by atoms with van der Waals surface area (Å²) in [6, 6.07) is 8.11. The van der Waals surface area contributed by atoms with E-state index in [0.29, 0.717) is 12.0 Å². The fourth-order valence-electron chi connectivity index (χ4n) is 1.56. The number of aromatic nitrogens is 1. The van der Waals surface area contributed by atoms with Crippen LogP contribution in [0.3, 0.4) is 0 Å². The molecule has 0 saturated carbocycles. The summed E-state index contributed by atoms with van der Waals surface area (Å²) < 4.78 is 19.1. The van der Waals surface area contributed by atoms with Gasteiger partial charge in [-0.15, -0.1) is 0 Å². The fourth-order valence-corrected chi connectivity index (χ4v) is 1.56. The third-order valence-corrected chi connectivity index (χ3v) is 2.52. The van der Waals surface area contributed by atoms with Gasteiger partial charge in [-0.1, -0.05) is 17.9 Å². The van der Waals surface area contributed by atoms with Crippen molar-refractivity contribution in [1.29, 1.82) is 0 Å². The fraction of sp³-hybridized carbons (Fsp3) is 0.188. The van der Waals surface area contributed by atoms with E-state index in [1.807, 2.05) is 6.07 Å². The molecule has 0 bridgehead atoms. The number of hydrogen-bond donors (Lipinski definition) is 1. The molecule has 0 radical (unpaired) electrons. The van der Waals surface area contributed by atoms with E-state index in [2.05, 4.69) is 16.8 Å². The molecule has 20 heavy (non-hydrogen) atoms. The van der Waals surface area contributed by atoms with Crippen LogP contribution in [0.25, 0.3) is 0 Å². The van der Waals surface area contributed by atoms with Gasteiger partial charge >= 0.3 is 0 Å². The smallest absolute Gasteiger partial charge is 0.165 e. The summed E-state index contributed by atoms with van der Waals surface area (Å²) in [6.07, 6.45) is 3.73. The molecule has 1 N–H and O–H groups in total. The van der Waals surface area contributed by atoms with Crippen LogP contribution in [0, 0.1) is 17.7 Å². The summed E-state index contributed by atoms with van der Waals surface area (Å²) in [5, 5.41) is 8.66. The van der Waals surface area contributed by atoms with E-state index in [-0.39, 0.29) is 19.0 Å². The normalized spacial score (nSPS) is 9.70. The molecule has 0 atom stereocenters. The van der Waals surface area contributed by atoms with Gasteiger partial charge in [-0.05, 0) is 24.3 Å². The van der Waals surface area contributed by atoms with E-state index >= 15 is 0 Å². The number of aliphatic hydroxyl groups is 1. The largest absolute Gasteiger partial charge is 0.486 e. The van der Waals surface area contributed by atoms with E-state index in [9.17, 15) is 4.39 Å². The quantitative estimate of drug-likeness (QED) is 0.869. The molecule has 0 aliphatic rings. The molecule has 1 aromatic heterocycles. The number of ether oxygens (including phenoxy) is 1. The van der Waals surface area contributed by atoms with Gasteiger partial charge in [-0.25, -0.2) is 4.39 Å². The highest BCUT2D eigenvalue weighted by atomic mass is 19.1. The number of rotatable bonds is 4. The van der Waals surface area contributed by atoms with Gasteiger partial charge in [0.1, 0.15) is 6.61 Å². The van der Waals surface area contributed by atoms with Crippen LogP contribution in [0.5, 0.6) is 5.75 Å². The number of pyridine rings is 1. The van der Waals surface area contributed by atoms with Gasteiger partial charge < -0.3 is 9.84 Å². The van der Waals surface area contributed by atoms with Crippen LogP contribution in [0.2, 0.25) is 0 Å². The van der Waals surface area contributed by atoms with Crippen LogP contribution in [0.4, 0.5) is 4.39 Å². The first-order chi connectivity index (χ1) is 9.79. The lowest BCUT2D eigenvalue weighted by atomic mass is 10.2. The van der Waals surface area contributed by atoms with Crippen molar-refractivity contribution in [2.75, 3.05) is 6.61 Å². The summed E-state index contributed by atoms with van der Waals surface area (Å²) in [7, 11) is 0. The van der Waals surface area contributed by atoms with E-state index in [0.717, 1.165) is 5.56 Å². The van der Waals surface area contributed by atoms with Gasteiger partial charge in [-0.3, -0.25) is 4.98 Å². The molecule has 2 rings (SSSR count). The third kappa shape index (κ3) is 4.08. The van der Waals surface area contributed by atoms with Crippen molar-refractivity contribution >= 4 is 0 Å². The Labute approximate surface area is 117 Å². The number of aliphatic hydroxyl groups excluding tert-OH is 1. The first kappa shape index (κ1) is 14.0. The van der Waals surface area contributed by atoms with Crippen LogP contribution < -0.4 is 4.74 Å². The molecule has 0 aliphatic heterocycles. The molecule has 4 heteroatoms. The molecule has 1 heterocycles. The zero-order valence-electron chi connectivity index (χ0n) is 10.8. The SMILES string of the molecule is OCCC#Cc1ccc(F)c(OCc2cccnc2)c1. The standard InChI is InChI=1S/C16H14FNO2/c17-15-7-6-13(4-1-2-9-19)10-16(15)20-12-14-5-3-8-18-11-14/h3,5-8,10-11,19H,2,9,12H2. The van der Waals surface area contributed by atoms with E-state index < -0.39 is 5.82 Å². The summed E-state index contributed by atoms with van der Waals surface area (Å²) in [5.74, 6) is 5.35. The molecule has 0 fully saturated rings. The summed E-state index contributed by atoms with van der Waals surface area (Å²) >= 11 is 0. The van der Waals surface area contributed by atoms with Crippen molar-refractivity contribution in [2.45, 2.75) is 13.0 Å². The van der Waals surface area contributed by atoms with Crippen LogP contribution in [-0.4, -0.2) is 16.7 Å². The highest BCUT2D eigenvalue weighted by Gasteiger charge is 2.04. The van der Waals surface area contributed by atoms with Crippen molar-refractivity contribution in [3.8, 4) is 17.6 Å². The second-order valence-corrected chi connectivity index (χ2v) is 4.07. The minimum atomic E-state index is -0.429. The van der Waals surface area contributed by atoms with Crippen LogP contribution in [0.15, 0.2) is 42.7 Å². The molecule has 0 aliphatic carbocycles. The van der Waals surface area contributed by atoms with Crippen molar-refractivity contribution in [2.24, 2.45) is 0 Å². The molecule has 0 saturated heterocycles. The molecule has 3 nitrogen and oxygen atoms in total. The second kappa shape index (κ2) is 7.27. The molecule has 0 spiro atoms. The predicted molar refractivity (Wildman–Crippen MR) is 73.5 cm³/mol. The van der Waals surface area contributed by atoms with Gasteiger partial charge in [-0.2, -0.15) is 0 Å². The summed E-state index contributed by atoms with van der Waals surface area (Å²) in [4.78, 5) is 3.97. The average Bonchev–Trinajstić information content (AvgIpc) is 2.49. The number of halogens is 1. The zero-order chi connectivity index (χ0) is 14.2. The summed E-state index contributed by atoms with van der Waals surface area (Å²) in [5.41, 5.74) is 1.52. The van der Waals surface area contributed by atoms with Gasteiger partial charge in [0.15, 0.2) is 11.6 Å². The van der Waals surface area contributed by atoms with Crippen LogP contribution in [-0.2, 0) is 6.61 Å². The van der Waals surface area contributed by atoms with E-state index in [1.165, 1.54) is 6.07 Å². The first-order valence-corrected chi connectivity index (χ1v) is 6.20. The van der Waals surface area contributed by atoms with Crippen molar-refractivity contribution in [3.63, 3.8) is 0 Å². The molecule has 0 unspecified atom stereocenters. The van der Waals surface area contributed by atoms with Gasteiger partial charge in [0.2, 0.25) is 0 Å². The van der Waals surface area contributed by atoms with Crippen LogP contribution in [0.1, 0.15) is 17.5 Å². The Morgan fingerprint density at radius 3 is 2.95 bits per heavy atom. The lowest BCUT2D eigenvalue weighted by molar-refractivity contribution is 0.290. The maximum absolute atomic E-state index is 13.6. The topological polar surface area (TPSA) is 42.4 Å². The van der Waals surface area contributed by atoms with Crippen molar-refractivity contribution in [3.05, 3.63) is 59.7 Å². The lowest BCUT2D eigenvalue weighted by Gasteiger charge is -2.07. The number of benzene rings is 1. The molecule has 1 aromatic carbocycles. The predicted octanol–water partition coefficient (Wildman–Crippen LogP) is 2.53. The Hall–Kier alpha value is -2.38. The number of nitrogens with zero attached hydrogens (tertiary/aromatic N) is 1. The van der Waals surface area contributed by atoms with Gasteiger partial charge in [0.05, 0.1) is 6.61 Å². The Balaban J connectivity index is 2.07. The number of hydrogen-bond acceptors (Lipinski definition) is 3. The van der Waals surface area contributed by atoms with Gasteiger partial charge in [0, 0.05) is 29.9 Å². The van der Waals surface area contributed by atoms with E-state index in [4.69, 9.17) is 9.84 Å². The Morgan fingerprint density at radius 1 is 1.30 bits per heavy atom. The van der Waals surface area contributed by atoms with Crippen LogP contribution >= 0.6 is 0 Å². The highest BCUT2D eigenvalue weighted by Crippen LogP contribution is 2.19. The maximum Gasteiger partial charge on any atom is 0.165 e. The molecule has 102 valence electrons. The molecular formula is C16H14FNO2. The maximum atomic E-state index is 13.6. The molecule has 2 aromatic rings. The minimum absolute atomic E-state index is 0.0125.